The molecule has 0 amide bonds. The SMILES string of the molecule is CCNC(=NCC(O)c1cc(OC)ccc1OC)NC1CCCN(c2cccc(F)c2)C1. The second kappa shape index (κ2) is 11.6. The summed E-state index contributed by atoms with van der Waals surface area (Å²) in [6.07, 6.45) is 1.14. The minimum absolute atomic E-state index is 0.160. The van der Waals surface area contributed by atoms with Crippen LogP contribution in [-0.4, -0.2) is 57.5 Å². The summed E-state index contributed by atoms with van der Waals surface area (Å²) >= 11 is 0. The summed E-state index contributed by atoms with van der Waals surface area (Å²) in [4.78, 5) is 6.78. The molecular weight excluding hydrogens is 411 g/mol. The van der Waals surface area contributed by atoms with Gasteiger partial charge < -0.3 is 30.1 Å². The van der Waals surface area contributed by atoms with E-state index in [2.05, 4.69) is 20.5 Å². The number of aliphatic imine (C=N–C) groups is 1. The smallest absolute Gasteiger partial charge is 0.191 e. The van der Waals surface area contributed by atoms with Crippen LogP contribution in [0.1, 0.15) is 31.4 Å². The number of nitrogens with one attached hydrogen (secondary N) is 2. The fraction of sp³-hybridized carbons (Fsp3) is 0.458. The molecule has 0 spiro atoms. The Hall–Kier alpha value is -3.00. The van der Waals surface area contributed by atoms with Crippen molar-refractivity contribution < 1.29 is 19.0 Å². The second-order valence-corrected chi connectivity index (χ2v) is 7.75. The van der Waals surface area contributed by atoms with Gasteiger partial charge in [-0.3, -0.25) is 4.99 Å². The predicted molar refractivity (Wildman–Crippen MR) is 125 cm³/mol. The minimum Gasteiger partial charge on any atom is -0.497 e. The van der Waals surface area contributed by atoms with Crippen molar-refractivity contribution in [2.24, 2.45) is 4.99 Å². The molecule has 0 aromatic heterocycles. The third-order valence-electron chi connectivity index (χ3n) is 5.50. The van der Waals surface area contributed by atoms with Crippen LogP contribution in [0.4, 0.5) is 10.1 Å². The lowest BCUT2D eigenvalue weighted by Crippen LogP contribution is -2.51. The van der Waals surface area contributed by atoms with Crippen LogP contribution in [0.2, 0.25) is 0 Å². The molecule has 3 rings (SSSR count). The molecule has 174 valence electrons. The molecule has 3 N–H and O–H groups in total. The van der Waals surface area contributed by atoms with E-state index in [9.17, 15) is 9.50 Å². The molecule has 32 heavy (non-hydrogen) atoms. The summed E-state index contributed by atoms with van der Waals surface area (Å²) in [7, 11) is 3.15. The highest BCUT2D eigenvalue weighted by molar-refractivity contribution is 5.80. The number of piperidine rings is 1. The molecule has 0 aliphatic carbocycles. The molecule has 1 aliphatic heterocycles. The number of methoxy groups -OCH3 is 2. The Kier molecular flexibility index (Phi) is 8.56. The number of ether oxygens (including phenoxy) is 2. The van der Waals surface area contributed by atoms with E-state index in [1.54, 1.807) is 44.6 Å². The zero-order valence-electron chi connectivity index (χ0n) is 19.0. The first kappa shape index (κ1) is 23.7. The topological polar surface area (TPSA) is 78.4 Å². The van der Waals surface area contributed by atoms with Crippen LogP contribution in [0.5, 0.6) is 11.5 Å². The maximum atomic E-state index is 13.6. The largest absolute Gasteiger partial charge is 0.497 e. The zero-order chi connectivity index (χ0) is 22.9. The van der Waals surface area contributed by atoms with E-state index < -0.39 is 6.10 Å². The third-order valence-corrected chi connectivity index (χ3v) is 5.50. The van der Waals surface area contributed by atoms with Crippen LogP contribution >= 0.6 is 0 Å². The van der Waals surface area contributed by atoms with Crippen molar-refractivity contribution in [1.29, 1.82) is 0 Å². The predicted octanol–water partition coefficient (Wildman–Crippen LogP) is 3.10. The number of nitrogens with zero attached hydrogens (tertiary/aromatic N) is 2. The standard InChI is InChI=1S/C24H33FN4O3/c1-4-26-24(27-15-22(30)21-14-20(31-2)10-11-23(21)32-3)28-18-8-6-12-29(16-18)19-9-5-7-17(25)13-19/h5,7,9-11,13-14,18,22,30H,4,6,8,12,15-16H2,1-3H3,(H2,26,27,28). The van der Waals surface area contributed by atoms with Crippen LogP contribution in [0, 0.1) is 5.82 Å². The number of hydrogen-bond donors (Lipinski definition) is 3. The molecular formula is C24H33FN4O3. The average Bonchev–Trinajstić information content (AvgIpc) is 2.82. The molecule has 8 heteroatoms. The van der Waals surface area contributed by atoms with E-state index >= 15 is 0 Å². The van der Waals surface area contributed by atoms with Gasteiger partial charge in [-0.2, -0.15) is 0 Å². The number of hydrogen-bond acceptors (Lipinski definition) is 5. The molecule has 0 bridgehead atoms. The van der Waals surface area contributed by atoms with E-state index in [1.165, 1.54) is 6.07 Å². The van der Waals surface area contributed by atoms with E-state index in [1.807, 2.05) is 13.0 Å². The van der Waals surface area contributed by atoms with Crippen LogP contribution < -0.4 is 25.0 Å². The van der Waals surface area contributed by atoms with Crippen molar-refractivity contribution in [3.8, 4) is 11.5 Å². The van der Waals surface area contributed by atoms with Gasteiger partial charge in [0.15, 0.2) is 5.96 Å². The van der Waals surface area contributed by atoms with Gasteiger partial charge in [-0.25, -0.2) is 4.39 Å². The first-order valence-corrected chi connectivity index (χ1v) is 11.0. The number of halogens is 1. The molecule has 1 fully saturated rings. The number of benzene rings is 2. The molecule has 2 aromatic carbocycles. The van der Waals surface area contributed by atoms with Gasteiger partial charge in [0.2, 0.25) is 0 Å². The molecule has 2 aromatic rings. The van der Waals surface area contributed by atoms with Gasteiger partial charge >= 0.3 is 0 Å². The number of guanidine groups is 1. The lowest BCUT2D eigenvalue weighted by molar-refractivity contribution is 0.182. The quantitative estimate of drug-likeness (QED) is 0.429. The monoisotopic (exact) mass is 444 g/mol. The molecule has 1 heterocycles. The molecule has 2 atom stereocenters. The Bertz CT molecular complexity index is 909. The summed E-state index contributed by atoms with van der Waals surface area (Å²) in [6, 6.07) is 12.2. The Morgan fingerprint density at radius 2 is 2.09 bits per heavy atom. The molecule has 2 unspecified atom stereocenters. The second-order valence-electron chi connectivity index (χ2n) is 7.75. The lowest BCUT2D eigenvalue weighted by Gasteiger charge is -2.35. The Balaban J connectivity index is 1.67. The minimum atomic E-state index is -0.842. The molecule has 1 aliphatic rings. The summed E-state index contributed by atoms with van der Waals surface area (Å²) in [5, 5.41) is 17.5. The van der Waals surface area contributed by atoms with Crippen molar-refractivity contribution in [1.82, 2.24) is 10.6 Å². The first-order valence-electron chi connectivity index (χ1n) is 11.0. The number of aliphatic hydroxyl groups excluding tert-OH is 1. The molecule has 1 saturated heterocycles. The Labute approximate surface area is 189 Å². The van der Waals surface area contributed by atoms with E-state index in [-0.39, 0.29) is 18.4 Å². The van der Waals surface area contributed by atoms with Gasteiger partial charge in [0.25, 0.3) is 0 Å². The van der Waals surface area contributed by atoms with Crippen LogP contribution in [-0.2, 0) is 0 Å². The molecule has 7 nitrogen and oxygen atoms in total. The summed E-state index contributed by atoms with van der Waals surface area (Å²) in [5.41, 5.74) is 1.51. The number of rotatable bonds is 8. The van der Waals surface area contributed by atoms with Crippen molar-refractivity contribution in [3.63, 3.8) is 0 Å². The van der Waals surface area contributed by atoms with Crippen LogP contribution in [0.15, 0.2) is 47.5 Å². The highest BCUT2D eigenvalue weighted by atomic mass is 19.1. The van der Waals surface area contributed by atoms with Gasteiger partial charge in [-0.1, -0.05) is 6.07 Å². The Morgan fingerprint density at radius 3 is 2.81 bits per heavy atom. The van der Waals surface area contributed by atoms with E-state index in [0.29, 0.717) is 29.6 Å². The van der Waals surface area contributed by atoms with Gasteiger partial charge in [-0.05, 0) is 56.2 Å². The maximum absolute atomic E-state index is 13.6. The summed E-state index contributed by atoms with van der Waals surface area (Å²) in [6.45, 7) is 4.51. The van der Waals surface area contributed by atoms with Crippen LogP contribution in [0.25, 0.3) is 0 Å². The van der Waals surface area contributed by atoms with Crippen molar-refractivity contribution in [2.45, 2.75) is 31.9 Å². The highest BCUT2D eigenvalue weighted by Gasteiger charge is 2.22. The van der Waals surface area contributed by atoms with Gasteiger partial charge in [0.1, 0.15) is 23.4 Å². The maximum Gasteiger partial charge on any atom is 0.191 e. The number of anilines is 1. The van der Waals surface area contributed by atoms with Gasteiger partial charge in [0, 0.05) is 36.9 Å². The van der Waals surface area contributed by atoms with Gasteiger partial charge in [-0.15, -0.1) is 0 Å². The zero-order valence-corrected chi connectivity index (χ0v) is 19.0. The molecule has 0 saturated carbocycles. The van der Waals surface area contributed by atoms with Crippen molar-refractivity contribution in [2.75, 3.05) is 45.3 Å². The van der Waals surface area contributed by atoms with Gasteiger partial charge in [0.05, 0.1) is 20.8 Å². The van der Waals surface area contributed by atoms with Crippen LogP contribution in [0.3, 0.4) is 0 Å². The summed E-state index contributed by atoms with van der Waals surface area (Å²) < 4.78 is 24.3. The fourth-order valence-corrected chi connectivity index (χ4v) is 3.89. The highest BCUT2D eigenvalue weighted by Crippen LogP contribution is 2.29. The van der Waals surface area contributed by atoms with E-state index in [4.69, 9.17) is 9.47 Å². The van der Waals surface area contributed by atoms with E-state index in [0.717, 1.165) is 31.6 Å². The Morgan fingerprint density at radius 1 is 1.25 bits per heavy atom. The first-order chi connectivity index (χ1) is 15.5. The van der Waals surface area contributed by atoms with Crippen molar-refractivity contribution >= 4 is 11.6 Å². The normalized spacial score (nSPS) is 17.6. The summed E-state index contributed by atoms with van der Waals surface area (Å²) in [5.74, 6) is 1.65. The lowest BCUT2D eigenvalue weighted by atomic mass is 10.0. The fourth-order valence-electron chi connectivity index (χ4n) is 3.89. The van der Waals surface area contributed by atoms with Crippen molar-refractivity contribution in [3.05, 3.63) is 53.8 Å². The molecule has 0 radical (unpaired) electrons. The number of aliphatic hydroxyl groups is 1. The third kappa shape index (κ3) is 6.26. The average molecular weight is 445 g/mol.